The predicted octanol–water partition coefficient (Wildman–Crippen LogP) is 2.90. The van der Waals surface area contributed by atoms with Crippen LogP contribution in [0.1, 0.15) is 24.1 Å². The Bertz CT molecular complexity index is 572. The first-order chi connectivity index (χ1) is 10.3. The van der Waals surface area contributed by atoms with Crippen molar-refractivity contribution in [1.29, 1.82) is 0 Å². The maximum Gasteiger partial charge on any atom is 0.220 e. The van der Waals surface area contributed by atoms with Crippen LogP contribution >= 0.6 is 0 Å². The number of pyridine rings is 1. The summed E-state index contributed by atoms with van der Waals surface area (Å²) in [6, 6.07) is 12.4. The summed E-state index contributed by atoms with van der Waals surface area (Å²) in [4.78, 5) is 15.9. The van der Waals surface area contributed by atoms with Crippen LogP contribution in [0.25, 0.3) is 0 Å². The molecule has 1 amide bonds. The number of hydrogen-bond donors (Lipinski definition) is 1. The fourth-order valence-corrected chi connectivity index (χ4v) is 2.08. The lowest BCUT2D eigenvalue weighted by Crippen LogP contribution is -2.25. The lowest BCUT2D eigenvalue weighted by atomic mass is 10.1. The number of benzene rings is 1. The average Bonchev–Trinajstić information content (AvgIpc) is 2.52. The third-order valence-corrected chi connectivity index (χ3v) is 3.24. The molecule has 1 heterocycles. The maximum absolute atomic E-state index is 13.4. The molecule has 4 heteroatoms. The Balaban J connectivity index is 1.63. The minimum atomic E-state index is -0.250. The van der Waals surface area contributed by atoms with Crippen molar-refractivity contribution < 1.29 is 9.18 Å². The maximum atomic E-state index is 13.4. The van der Waals surface area contributed by atoms with E-state index in [0.717, 1.165) is 18.5 Å². The zero-order valence-corrected chi connectivity index (χ0v) is 11.9. The smallest absolute Gasteiger partial charge is 0.220 e. The summed E-state index contributed by atoms with van der Waals surface area (Å²) in [5, 5.41) is 2.85. The lowest BCUT2D eigenvalue weighted by Gasteiger charge is -2.06. The van der Waals surface area contributed by atoms with Gasteiger partial charge in [0, 0.05) is 24.9 Å². The molecule has 0 aliphatic carbocycles. The molecule has 110 valence electrons. The molecule has 1 aromatic carbocycles. The number of halogens is 1. The Morgan fingerprint density at radius 3 is 2.67 bits per heavy atom. The lowest BCUT2D eigenvalue weighted by molar-refractivity contribution is -0.121. The molecule has 3 nitrogen and oxygen atoms in total. The molecule has 0 unspecified atom stereocenters. The second kappa shape index (κ2) is 8.15. The molecule has 0 radical (unpaired) electrons. The van der Waals surface area contributed by atoms with Crippen LogP contribution in [0.3, 0.4) is 0 Å². The van der Waals surface area contributed by atoms with Crippen LogP contribution in [0.15, 0.2) is 48.7 Å². The number of nitrogens with zero attached hydrogens (tertiary/aromatic N) is 1. The van der Waals surface area contributed by atoms with Gasteiger partial charge in [0.2, 0.25) is 5.91 Å². The van der Waals surface area contributed by atoms with Crippen LogP contribution in [0, 0.1) is 5.82 Å². The van der Waals surface area contributed by atoms with E-state index in [-0.39, 0.29) is 11.7 Å². The molecule has 1 N–H and O–H groups in total. The number of carbonyl (C=O) groups excluding carboxylic acids is 1. The van der Waals surface area contributed by atoms with Crippen molar-refractivity contribution in [1.82, 2.24) is 10.3 Å². The van der Waals surface area contributed by atoms with Gasteiger partial charge in [0.05, 0.1) is 0 Å². The first-order valence-corrected chi connectivity index (χ1v) is 7.16. The van der Waals surface area contributed by atoms with E-state index in [9.17, 15) is 9.18 Å². The SMILES string of the molecule is O=C(CCc1ccccc1F)NCCCc1ccccn1. The van der Waals surface area contributed by atoms with Crippen molar-refractivity contribution in [3.63, 3.8) is 0 Å². The van der Waals surface area contributed by atoms with E-state index in [1.165, 1.54) is 6.07 Å². The minimum Gasteiger partial charge on any atom is -0.356 e. The largest absolute Gasteiger partial charge is 0.356 e. The Morgan fingerprint density at radius 1 is 1.10 bits per heavy atom. The minimum absolute atomic E-state index is 0.0423. The van der Waals surface area contributed by atoms with E-state index < -0.39 is 0 Å². The zero-order chi connectivity index (χ0) is 14.9. The molecule has 0 aliphatic heterocycles. The van der Waals surface area contributed by atoms with Gasteiger partial charge in [0.15, 0.2) is 0 Å². The van der Waals surface area contributed by atoms with E-state index in [0.29, 0.717) is 24.9 Å². The Labute approximate surface area is 124 Å². The topological polar surface area (TPSA) is 42.0 Å². The first-order valence-electron chi connectivity index (χ1n) is 7.16. The molecule has 0 saturated carbocycles. The summed E-state index contributed by atoms with van der Waals surface area (Å²) in [6.07, 6.45) is 4.20. The Kier molecular flexibility index (Phi) is 5.88. The number of rotatable bonds is 7. The molecular weight excluding hydrogens is 267 g/mol. The van der Waals surface area contributed by atoms with Crippen molar-refractivity contribution in [3.05, 3.63) is 65.7 Å². The molecule has 0 bridgehead atoms. The Hall–Kier alpha value is -2.23. The van der Waals surface area contributed by atoms with Gasteiger partial charge in [-0.05, 0) is 43.0 Å². The standard InChI is InChI=1S/C17H19FN2O/c18-16-9-2-1-6-14(16)10-11-17(21)20-13-5-8-15-7-3-4-12-19-15/h1-4,6-7,9,12H,5,8,10-11,13H2,(H,20,21). The van der Waals surface area contributed by atoms with Crippen LogP contribution in [-0.4, -0.2) is 17.4 Å². The summed E-state index contributed by atoms with van der Waals surface area (Å²) in [5.41, 5.74) is 1.61. The van der Waals surface area contributed by atoms with E-state index in [1.54, 1.807) is 24.4 Å². The van der Waals surface area contributed by atoms with E-state index in [4.69, 9.17) is 0 Å². The van der Waals surface area contributed by atoms with Crippen LogP contribution in [0.2, 0.25) is 0 Å². The molecule has 0 aliphatic rings. The highest BCUT2D eigenvalue weighted by molar-refractivity contribution is 5.76. The highest BCUT2D eigenvalue weighted by Gasteiger charge is 2.05. The quantitative estimate of drug-likeness (QED) is 0.795. The van der Waals surface area contributed by atoms with Gasteiger partial charge in [-0.15, -0.1) is 0 Å². The number of aromatic nitrogens is 1. The van der Waals surface area contributed by atoms with Gasteiger partial charge in [-0.25, -0.2) is 4.39 Å². The molecule has 2 aromatic rings. The number of carbonyl (C=O) groups is 1. The second-order valence-corrected chi connectivity index (χ2v) is 4.87. The third kappa shape index (κ3) is 5.34. The van der Waals surface area contributed by atoms with Gasteiger partial charge >= 0.3 is 0 Å². The van der Waals surface area contributed by atoms with Gasteiger partial charge in [-0.1, -0.05) is 24.3 Å². The third-order valence-electron chi connectivity index (χ3n) is 3.24. The normalized spacial score (nSPS) is 10.3. The number of aryl methyl sites for hydroxylation is 2. The van der Waals surface area contributed by atoms with Crippen molar-refractivity contribution in [2.45, 2.75) is 25.7 Å². The Morgan fingerprint density at radius 2 is 1.90 bits per heavy atom. The molecule has 21 heavy (non-hydrogen) atoms. The monoisotopic (exact) mass is 286 g/mol. The summed E-state index contributed by atoms with van der Waals surface area (Å²) in [6.45, 7) is 0.618. The zero-order valence-electron chi connectivity index (χ0n) is 11.9. The summed E-state index contributed by atoms with van der Waals surface area (Å²) in [7, 11) is 0. The molecule has 0 saturated heterocycles. The van der Waals surface area contributed by atoms with Gasteiger partial charge in [0.25, 0.3) is 0 Å². The molecule has 0 spiro atoms. The van der Waals surface area contributed by atoms with Crippen molar-refractivity contribution in [3.8, 4) is 0 Å². The average molecular weight is 286 g/mol. The van der Waals surface area contributed by atoms with Crippen LogP contribution in [0.4, 0.5) is 4.39 Å². The van der Waals surface area contributed by atoms with Crippen molar-refractivity contribution >= 4 is 5.91 Å². The molecule has 2 rings (SSSR count). The van der Waals surface area contributed by atoms with E-state index >= 15 is 0 Å². The van der Waals surface area contributed by atoms with E-state index in [2.05, 4.69) is 10.3 Å². The summed E-state index contributed by atoms with van der Waals surface area (Å²) >= 11 is 0. The molecule has 0 fully saturated rings. The number of hydrogen-bond acceptors (Lipinski definition) is 2. The van der Waals surface area contributed by atoms with Gasteiger partial charge in [0.1, 0.15) is 5.82 Å². The van der Waals surface area contributed by atoms with Gasteiger partial charge < -0.3 is 5.32 Å². The highest BCUT2D eigenvalue weighted by atomic mass is 19.1. The summed E-state index contributed by atoms with van der Waals surface area (Å²) in [5.74, 6) is -0.292. The second-order valence-electron chi connectivity index (χ2n) is 4.87. The molecular formula is C17H19FN2O. The van der Waals surface area contributed by atoms with Crippen molar-refractivity contribution in [2.24, 2.45) is 0 Å². The fourth-order valence-electron chi connectivity index (χ4n) is 2.08. The number of amides is 1. The molecule has 1 aromatic heterocycles. The number of nitrogens with one attached hydrogen (secondary N) is 1. The van der Waals surface area contributed by atoms with Crippen LogP contribution < -0.4 is 5.32 Å². The first kappa shape index (κ1) is 15.2. The fraction of sp³-hybridized carbons (Fsp3) is 0.294. The van der Waals surface area contributed by atoms with Crippen molar-refractivity contribution in [2.75, 3.05) is 6.54 Å². The van der Waals surface area contributed by atoms with Crippen LogP contribution in [0.5, 0.6) is 0 Å². The van der Waals surface area contributed by atoms with E-state index in [1.807, 2.05) is 18.2 Å². The summed E-state index contributed by atoms with van der Waals surface area (Å²) < 4.78 is 13.4. The van der Waals surface area contributed by atoms with Gasteiger partial charge in [-0.2, -0.15) is 0 Å². The molecule has 0 atom stereocenters. The predicted molar refractivity (Wildman–Crippen MR) is 80.3 cm³/mol. The van der Waals surface area contributed by atoms with Crippen LogP contribution in [-0.2, 0) is 17.6 Å². The highest BCUT2D eigenvalue weighted by Crippen LogP contribution is 2.08. The van der Waals surface area contributed by atoms with Gasteiger partial charge in [-0.3, -0.25) is 9.78 Å².